The molecule has 2 atom stereocenters. The van der Waals surface area contributed by atoms with E-state index in [0.29, 0.717) is 5.56 Å². The summed E-state index contributed by atoms with van der Waals surface area (Å²) in [7, 11) is 1.71. The number of nitrogens with zero attached hydrogens (tertiary/aromatic N) is 3. The quantitative estimate of drug-likeness (QED) is 0.812. The third kappa shape index (κ3) is 3.59. The number of methoxy groups -OCH3 is 1. The van der Waals surface area contributed by atoms with Crippen LogP contribution in [0.15, 0.2) is 30.9 Å². The average Bonchev–Trinajstić information content (AvgIpc) is 3.09. The van der Waals surface area contributed by atoms with Gasteiger partial charge < -0.3 is 9.47 Å². The summed E-state index contributed by atoms with van der Waals surface area (Å²) < 4.78 is 12.7. The number of esters is 1. The minimum absolute atomic E-state index is 0.0596. The van der Waals surface area contributed by atoms with Gasteiger partial charge in [-0.2, -0.15) is 5.10 Å². The number of hydrogen-bond donors (Lipinski definition) is 0. The fourth-order valence-corrected chi connectivity index (χ4v) is 3.00. The predicted molar refractivity (Wildman–Crippen MR) is 84.6 cm³/mol. The molecule has 1 saturated carbocycles. The average molecular weight is 315 g/mol. The maximum absolute atomic E-state index is 12.4. The first-order chi connectivity index (χ1) is 11.2. The largest absolute Gasteiger partial charge is 0.459 e. The third-order valence-electron chi connectivity index (χ3n) is 4.30. The first-order valence-electron chi connectivity index (χ1n) is 7.87. The van der Waals surface area contributed by atoms with Crippen LogP contribution in [0.25, 0.3) is 5.69 Å². The predicted octanol–water partition coefficient (Wildman–Crippen LogP) is 2.69. The molecule has 0 amide bonds. The number of aromatic nitrogens is 3. The van der Waals surface area contributed by atoms with Gasteiger partial charge in [-0.05, 0) is 49.9 Å². The minimum atomic E-state index is -0.269. The highest BCUT2D eigenvalue weighted by molar-refractivity contribution is 5.91. The minimum Gasteiger partial charge on any atom is -0.459 e. The van der Waals surface area contributed by atoms with E-state index in [2.05, 4.69) is 10.1 Å². The van der Waals surface area contributed by atoms with Crippen LogP contribution in [0, 0.1) is 6.92 Å². The molecule has 6 nitrogen and oxygen atoms in total. The second kappa shape index (κ2) is 6.91. The molecule has 1 aliphatic rings. The normalized spacial score (nSPS) is 21.1. The monoisotopic (exact) mass is 315 g/mol. The van der Waals surface area contributed by atoms with Crippen molar-refractivity contribution in [1.29, 1.82) is 0 Å². The summed E-state index contributed by atoms with van der Waals surface area (Å²) in [5.41, 5.74) is 2.32. The molecule has 1 fully saturated rings. The van der Waals surface area contributed by atoms with Crippen LogP contribution < -0.4 is 0 Å². The lowest BCUT2D eigenvalue weighted by atomic mass is 9.95. The second-order valence-corrected chi connectivity index (χ2v) is 5.89. The van der Waals surface area contributed by atoms with Gasteiger partial charge in [-0.1, -0.05) is 0 Å². The van der Waals surface area contributed by atoms with Crippen molar-refractivity contribution >= 4 is 5.97 Å². The first kappa shape index (κ1) is 15.7. The fourth-order valence-electron chi connectivity index (χ4n) is 3.00. The van der Waals surface area contributed by atoms with Crippen molar-refractivity contribution < 1.29 is 14.3 Å². The summed E-state index contributed by atoms with van der Waals surface area (Å²) in [4.78, 5) is 16.4. The Kier molecular flexibility index (Phi) is 4.71. The highest BCUT2D eigenvalue weighted by atomic mass is 16.5. The summed E-state index contributed by atoms with van der Waals surface area (Å²) in [6.07, 6.45) is 6.98. The molecule has 122 valence electrons. The van der Waals surface area contributed by atoms with E-state index in [1.807, 2.05) is 19.1 Å². The van der Waals surface area contributed by atoms with Crippen LogP contribution in [-0.2, 0) is 9.47 Å². The van der Waals surface area contributed by atoms with Crippen LogP contribution in [0.4, 0.5) is 0 Å². The molecule has 1 aromatic heterocycles. The van der Waals surface area contributed by atoms with Crippen LogP contribution in [0.5, 0.6) is 0 Å². The number of benzene rings is 1. The Hall–Kier alpha value is -2.21. The smallest absolute Gasteiger partial charge is 0.338 e. The van der Waals surface area contributed by atoms with Crippen molar-refractivity contribution in [3.8, 4) is 5.69 Å². The van der Waals surface area contributed by atoms with Crippen molar-refractivity contribution in [3.63, 3.8) is 0 Å². The molecule has 0 spiro atoms. The van der Waals surface area contributed by atoms with E-state index in [1.165, 1.54) is 6.33 Å². The molecule has 6 heteroatoms. The zero-order chi connectivity index (χ0) is 16.2. The lowest BCUT2D eigenvalue weighted by molar-refractivity contribution is -0.0149. The molecule has 0 unspecified atom stereocenters. The number of aryl methyl sites for hydroxylation is 1. The Labute approximate surface area is 135 Å². The molecule has 1 aliphatic carbocycles. The van der Waals surface area contributed by atoms with Gasteiger partial charge in [0.05, 0.1) is 17.4 Å². The Balaban J connectivity index is 1.70. The van der Waals surface area contributed by atoms with E-state index in [-0.39, 0.29) is 18.2 Å². The molecule has 2 aromatic rings. The van der Waals surface area contributed by atoms with Gasteiger partial charge in [-0.25, -0.2) is 14.5 Å². The molecule has 0 bridgehead atoms. The van der Waals surface area contributed by atoms with Gasteiger partial charge in [-0.3, -0.25) is 0 Å². The maximum atomic E-state index is 12.4. The molecule has 1 aromatic carbocycles. The van der Waals surface area contributed by atoms with Crippen molar-refractivity contribution in [1.82, 2.24) is 14.8 Å². The number of hydrogen-bond acceptors (Lipinski definition) is 5. The molecule has 23 heavy (non-hydrogen) atoms. The summed E-state index contributed by atoms with van der Waals surface area (Å²) in [5.74, 6) is -0.269. The van der Waals surface area contributed by atoms with Gasteiger partial charge in [0.2, 0.25) is 0 Å². The van der Waals surface area contributed by atoms with Crippen molar-refractivity contribution in [2.75, 3.05) is 7.11 Å². The molecule has 1 heterocycles. The Morgan fingerprint density at radius 3 is 2.83 bits per heavy atom. The van der Waals surface area contributed by atoms with E-state index in [4.69, 9.17) is 9.47 Å². The standard InChI is InChI=1S/C17H21N3O3/c1-12-8-13(20-11-18-10-19-20)6-7-16(12)17(21)23-15-5-3-4-14(9-15)22-2/h6-8,10-11,14-15H,3-5,9H2,1-2H3/t14-,15+/m1/s1. The van der Waals surface area contributed by atoms with E-state index >= 15 is 0 Å². The summed E-state index contributed by atoms with van der Waals surface area (Å²) in [6, 6.07) is 5.53. The van der Waals surface area contributed by atoms with E-state index < -0.39 is 0 Å². The van der Waals surface area contributed by atoms with E-state index in [0.717, 1.165) is 36.9 Å². The van der Waals surface area contributed by atoms with E-state index in [9.17, 15) is 4.79 Å². The topological polar surface area (TPSA) is 66.2 Å². The van der Waals surface area contributed by atoms with Crippen LogP contribution in [-0.4, -0.2) is 40.1 Å². The second-order valence-electron chi connectivity index (χ2n) is 5.89. The van der Waals surface area contributed by atoms with Crippen molar-refractivity contribution in [2.45, 2.75) is 44.8 Å². The Morgan fingerprint density at radius 2 is 2.13 bits per heavy atom. The summed E-state index contributed by atoms with van der Waals surface area (Å²) >= 11 is 0. The zero-order valence-corrected chi connectivity index (χ0v) is 13.4. The molecular formula is C17H21N3O3. The molecule has 3 rings (SSSR count). The van der Waals surface area contributed by atoms with Gasteiger partial charge >= 0.3 is 5.97 Å². The number of carbonyl (C=O) groups excluding carboxylic acids is 1. The lowest BCUT2D eigenvalue weighted by Crippen LogP contribution is -2.29. The molecule has 0 aliphatic heterocycles. The summed E-state index contributed by atoms with van der Waals surface area (Å²) in [6.45, 7) is 1.90. The van der Waals surface area contributed by atoms with Crippen LogP contribution >= 0.6 is 0 Å². The molecule has 0 radical (unpaired) electrons. The zero-order valence-electron chi connectivity index (χ0n) is 13.4. The van der Waals surface area contributed by atoms with Crippen LogP contribution in [0.2, 0.25) is 0 Å². The van der Waals surface area contributed by atoms with Gasteiger partial charge in [0.15, 0.2) is 0 Å². The highest BCUT2D eigenvalue weighted by Gasteiger charge is 2.25. The SMILES string of the molecule is CO[C@@H]1CCC[C@H](OC(=O)c2ccc(-n3cncn3)cc2C)C1. The van der Waals surface area contributed by atoms with Crippen molar-refractivity contribution in [3.05, 3.63) is 42.0 Å². The first-order valence-corrected chi connectivity index (χ1v) is 7.87. The summed E-state index contributed by atoms with van der Waals surface area (Å²) in [5, 5.41) is 4.09. The van der Waals surface area contributed by atoms with Crippen LogP contribution in [0.3, 0.4) is 0 Å². The highest BCUT2D eigenvalue weighted by Crippen LogP contribution is 2.24. The lowest BCUT2D eigenvalue weighted by Gasteiger charge is -2.28. The molecular weight excluding hydrogens is 294 g/mol. The van der Waals surface area contributed by atoms with Gasteiger partial charge in [-0.15, -0.1) is 0 Å². The maximum Gasteiger partial charge on any atom is 0.338 e. The Morgan fingerprint density at radius 1 is 1.30 bits per heavy atom. The van der Waals surface area contributed by atoms with Gasteiger partial charge in [0.25, 0.3) is 0 Å². The Bertz CT molecular complexity index is 670. The van der Waals surface area contributed by atoms with Crippen molar-refractivity contribution in [2.24, 2.45) is 0 Å². The van der Waals surface area contributed by atoms with E-state index in [1.54, 1.807) is 24.2 Å². The van der Waals surface area contributed by atoms with Gasteiger partial charge in [0.1, 0.15) is 18.8 Å². The fraction of sp³-hybridized carbons (Fsp3) is 0.471. The van der Waals surface area contributed by atoms with Gasteiger partial charge in [0, 0.05) is 13.5 Å². The number of ether oxygens (including phenoxy) is 2. The molecule has 0 saturated heterocycles. The van der Waals surface area contributed by atoms with Crippen LogP contribution in [0.1, 0.15) is 41.6 Å². The molecule has 0 N–H and O–H groups in total. The third-order valence-corrected chi connectivity index (χ3v) is 4.30. The number of carbonyl (C=O) groups is 1. The number of rotatable bonds is 4.